The first-order valence-electron chi connectivity index (χ1n) is 3.98. The summed E-state index contributed by atoms with van der Waals surface area (Å²) in [5, 5.41) is 8.82. The summed E-state index contributed by atoms with van der Waals surface area (Å²) < 4.78 is 0. The van der Waals surface area contributed by atoms with Crippen LogP contribution in [-0.4, -0.2) is 35.1 Å². The highest BCUT2D eigenvalue weighted by Crippen LogP contribution is 2.01. The highest BCUT2D eigenvalue weighted by Gasteiger charge is 2.19. The van der Waals surface area contributed by atoms with Crippen LogP contribution in [0.25, 0.3) is 0 Å². The number of hydrogen-bond donors (Lipinski definition) is 1. The fourth-order valence-corrected chi connectivity index (χ4v) is 1.04. The minimum atomic E-state index is -0.904. The standard InChI is InChI=1S/C10H15NO2/c1-4-7-11(8-5-2)9(6-3)10(12)13/h4-6,9H,1-3,7-8H2,(H,12,13). The Labute approximate surface area is 78.7 Å². The number of carbonyl (C=O) groups is 1. The van der Waals surface area contributed by atoms with Gasteiger partial charge in [0, 0.05) is 13.1 Å². The topological polar surface area (TPSA) is 40.5 Å². The van der Waals surface area contributed by atoms with Crippen molar-refractivity contribution in [3.05, 3.63) is 38.0 Å². The van der Waals surface area contributed by atoms with Gasteiger partial charge in [0.2, 0.25) is 0 Å². The van der Waals surface area contributed by atoms with Crippen LogP contribution >= 0.6 is 0 Å². The molecule has 13 heavy (non-hydrogen) atoms. The zero-order valence-corrected chi connectivity index (χ0v) is 7.65. The lowest BCUT2D eigenvalue weighted by Gasteiger charge is -2.23. The summed E-state index contributed by atoms with van der Waals surface area (Å²) in [5.74, 6) is -0.904. The second-order valence-electron chi connectivity index (χ2n) is 2.55. The number of hydrogen-bond acceptors (Lipinski definition) is 2. The van der Waals surface area contributed by atoms with Crippen molar-refractivity contribution in [3.8, 4) is 0 Å². The molecule has 0 saturated carbocycles. The molecule has 0 aliphatic rings. The van der Waals surface area contributed by atoms with E-state index in [4.69, 9.17) is 5.11 Å². The van der Waals surface area contributed by atoms with Crippen LogP contribution in [0.4, 0.5) is 0 Å². The van der Waals surface area contributed by atoms with Gasteiger partial charge in [-0.25, -0.2) is 0 Å². The molecule has 0 spiro atoms. The van der Waals surface area contributed by atoms with E-state index >= 15 is 0 Å². The summed E-state index contributed by atoms with van der Waals surface area (Å²) in [6, 6.07) is -0.670. The van der Waals surface area contributed by atoms with Gasteiger partial charge in [0.25, 0.3) is 0 Å². The molecule has 0 heterocycles. The quantitative estimate of drug-likeness (QED) is 0.602. The van der Waals surface area contributed by atoms with E-state index in [1.165, 1.54) is 6.08 Å². The Morgan fingerprint density at radius 2 is 1.77 bits per heavy atom. The average molecular weight is 181 g/mol. The second kappa shape index (κ2) is 6.20. The zero-order valence-electron chi connectivity index (χ0n) is 7.65. The maximum absolute atomic E-state index is 10.7. The van der Waals surface area contributed by atoms with E-state index in [1.54, 1.807) is 17.1 Å². The molecule has 0 aromatic carbocycles. The molecule has 0 fully saturated rings. The molecular weight excluding hydrogens is 166 g/mol. The molecular formula is C10H15NO2. The van der Waals surface area contributed by atoms with Gasteiger partial charge in [-0.3, -0.25) is 9.69 Å². The molecule has 3 nitrogen and oxygen atoms in total. The number of nitrogens with zero attached hydrogens (tertiary/aromatic N) is 1. The van der Waals surface area contributed by atoms with Crippen molar-refractivity contribution in [2.75, 3.05) is 13.1 Å². The predicted molar refractivity (Wildman–Crippen MR) is 53.6 cm³/mol. The van der Waals surface area contributed by atoms with Crippen LogP contribution in [-0.2, 0) is 4.79 Å². The minimum Gasteiger partial charge on any atom is -0.480 e. The summed E-state index contributed by atoms with van der Waals surface area (Å²) >= 11 is 0. The summed E-state index contributed by atoms with van der Waals surface area (Å²) in [6.45, 7) is 11.6. The van der Waals surface area contributed by atoms with E-state index in [0.717, 1.165) is 0 Å². The van der Waals surface area contributed by atoms with E-state index < -0.39 is 12.0 Å². The number of rotatable bonds is 7. The Hall–Kier alpha value is -1.35. The Kier molecular flexibility index (Phi) is 5.55. The fraction of sp³-hybridized carbons (Fsp3) is 0.300. The molecule has 0 aromatic rings. The Bertz CT molecular complexity index is 201. The molecule has 3 heteroatoms. The lowest BCUT2D eigenvalue weighted by Crippen LogP contribution is -2.39. The van der Waals surface area contributed by atoms with Crippen molar-refractivity contribution in [2.24, 2.45) is 0 Å². The molecule has 0 bridgehead atoms. The first-order chi connectivity index (χ1) is 6.17. The third-order valence-electron chi connectivity index (χ3n) is 1.60. The molecule has 0 aliphatic carbocycles. The van der Waals surface area contributed by atoms with Gasteiger partial charge in [-0.1, -0.05) is 18.2 Å². The minimum absolute atomic E-state index is 0.509. The van der Waals surface area contributed by atoms with Gasteiger partial charge in [0.1, 0.15) is 6.04 Å². The normalized spacial score (nSPS) is 12.1. The molecule has 1 unspecified atom stereocenters. The van der Waals surface area contributed by atoms with Crippen LogP contribution in [0.3, 0.4) is 0 Å². The monoisotopic (exact) mass is 181 g/mol. The molecule has 72 valence electrons. The number of carboxylic acid groups (broad SMARTS) is 1. The SMILES string of the molecule is C=CCN(CC=C)C(C=C)C(=O)O. The van der Waals surface area contributed by atoms with Gasteiger partial charge in [0.15, 0.2) is 0 Å². The van der Waals surface area contributed by atoms with E-state index in [1.807, 2.05) is 0 Å². The van der Waals surface area contributed by atoms with Crippen molar-refractivity contribution >= 4 is 5.97 Å². The third-order valence-corrected chi connectivity index (χ3v) is 1.60. The molecule has 0 rings (SSSR count). The van der Waals surface area contributed by atoms with Crippen molar-refractivity contribution in [1.29, 1.82) is 0 Å². The Morgan fingerprint density at radius 1 is 1.31 bits per heavy atom. The maximum Gasteiger partial charge on any atom is 0.324 e. The predicted octanol–water partition coefficient (Wildman–Crippen LogP) is 1.30. The van der Waals surface area contributed by atoms with Gasteiger partial charge in [-0.15, -0.1) is 19.7 Å². The molecule has 1 atom stereocenters. The van der Waals surface area contributed by atoms with Crippen molar-refractivity contribution in [2.45, 2.75) is 6.04 Å². The second-order valence-corrected chi connectivity index (χ2v) is 2.55. The van der Waals surface area contributed by atoms with Crippen molar-refractivity contribution in [3.63, 3.8) is 0 Å². The number of carboxylic acids is 1. The highest BCUT2D eigenvalue weighted by atomic mass is 16.4. The summed E-state index contributed by atoms with van der Waals surface area (Å²) in [4.78, 5) is 12.4. The smallest absolute Gasteiger partial charge is 0.324 e. The summed E-state index contributed by atoms with van der Waals surface area (Å²) in [6.07, 6.45) is 4.71. The van der Waals surface area contributed by atoms with Gasteiger partial charge >= 0.3 is 5.97 Å². The van der Waals surface area contributed by atoms with Crippen molar-refractivity contribution in [1.82, 2.24) is 4.90 Å². The Balaban J connectivity index is 4.45. The van der Waals surface area contributed by atoms with Gasteiger partial charge in [-0.2, -0.15) is 0 Å². The molecule has 0 aromatic heterocycles. The van der Waals surface area contributed by atoms with Crippen LogP contribution in [0.5, 0.6) is 0 Å². The van der Waals surface area contributed by atoms with E-state index in [9.17, 15) is 4.79 Å². The van der Waals surface area contributed by atoms with E-state index in [0.29, 0.717) is 13.1 Å². The maximum atomic E-state index is 10.7. The molecule has 0 amide bonds. The largest absolute Gasteiger partial charge is 0.480 e. The Morgan fingerprint density at radius 3 is 2.00 bits per heavy atom. The number of aliphatic carboxylic acids is 1. The molecule has 0 saturated heterocycles. The first kappa shape index (κ1) is 11.6. The molecule has 1 N–H and O–H groups in total. The van der Waals surface area contributed by atoms with E-state index in [2.05, 4.69) is 19.7 Å². The highest BCUT2D eigenvalue weighted by molar-refractivity contribution is 5.75. The van der Waals surface area contributed by atoms with Crippen LogP contribution in [0, 0.1) is 0 Å². The average Bonchev–Trinajstić information content (AvgIpc) is 2.05. The van der Waals surface area contributed by atoms with Crippen LogP contribution in [0.15, 0.2) is 38.0 Å². The van der Waals surface area contributed by atoms with Crippen LogP contribution in [0.1, 0.15) is 0 Å². The lowest BCUT2D eigenvalue weighted by molar-refractivity contribution is -0.141. The van der Waals surface area contributed by atoms with E-state index in [-0.39, 0.29) is 0 Å². The van der Waals surface area contributed by atoms with Crippen LogP contribution in [0.2, 0.25) is 0 Å². The van der Waals surface area contributed by atoms with Gasteiger partial charge in [0.05, 0.1) is 0 Å². The summed E-state index contributed by atoms with van der Waals surface area (Å²) in [7, 11) is 0. The fourth-order valence-electron chi connectivity index (χ4n) is 1.04. The van der Waals surface area contributed by atoms with Crippen molar-refractivity contribution < 1.29 is 9.90 Å². The molecule has 0 radical (unpaired) electrons. The van der Waals surface area contributed by atoms with Gasteiger partial charge < -0.3 is 5.11 Å². The summed E-state index contributed by atoms with van der Waals surface area (Å²) in [5.41, 5.74) is 0. The lowest BCUT2D eigenvalue weighted by atomic mass is 10.2. The zero-order chi connectivity index (χ0) is 10.3. The van der Waals surface area contributed by atoms with Gasteiger partial charge in [-0.05, 0) is 0 Å². The third kappa shape index (κ3) is 3.71. The first-order valence-corrected chi connectivity index (χ1v) is 3.98. The van der Waals surface area contributed by atoms with Crippen LogP contribution < -0.4 is 0 Å². The molecule has 0 aliphatic heterocycles.